The van der Waals surface area contributed by atoms with Crippen LogP contribution in [-0.2, 0) is 6.54 Å². The average molecular weight is 439 g/mol. The summed E-state index contributed by atoms with van der Waals surface area (Å²) < 4.78 is 5.54. The van der Waals surface area contributed by atoms with Crippen LogP contribution >= 0.6 is 0 Å². The van der Waals surface area contributed by atoms with Crippen molar-refractivity contribution in [3.63, 3.8) is 0 Å². The Labute approximate surface area is 193 Å². The van der Waals surface area contributed by atoms with Crippen molar-refractivity contribution in [2.75, 3.05) is 7.05 Å². The molecule has 2 N–H and O–H groups in total. The molecule has 5 nitrogen and oxygen atoms in total. The third kappa shape index (κ3) is 5.57. The number of carbonyl (C=O) groups is 2. The summed E-state index contributed by atoms with van der Waals surface area (Å²) in [7, 11) is 1.73. The Morgan fingerprint density at radius 3 is 2.24 bits per heavy atom. The normalized spacial score (nSPS) is 12.7. The van der Waals surface area contributed by atoms with Crippen LogP contribution in [0, 0.1) is 0 Å². The molecule has 5 heteroatoms. The summed E-state index contributed by atoms with van der Waals surface area (Å²) in [5.41, 5.74) is 11.1. The van der Waals surface area contributed by atoms with Crippen molar-refractivity contribution in [2.45, 2.75) is 19.4 Å². The Hall–Kier alpha value is -4.12. The van der Waals surface area contributed by atoms with Gasteiger partial charge in [0.1, 0.15) is 5.75 Å². The Bertz CT molecular complexity index is 1210. The second-order valence-corrected chi connectivity index (χ2v) is 8.03. The van der Waals surface area contributed by atoms with Gasteiger partial charge in [0.25, 0.3) is 0 Å². The van der Waals surface area contributed by atoms with E-state index in [1.54, 1.807) is 36.2 Å². The molecule has 0 aromatic heterocycles. The standard InChI is InChI=1S/C28H26N2O3/c1-30(19-20-6-5-9-25(18-20)21-7-3-2-4-8-21)28(32)33-26-16-14-23(15-17-26)22-10-12-24(13-11-22)27(29)31/h3,5-18H,2,4,19H2,1H3,(H2,29,31). The van der Waals surface area contributed by atoms with Crippen molar-refractivity contribution < 1.29 is 14.3 Å². The van der Waals surface area contributed by atoms with Gasteiger partial charge in [0.15, 0.2) is 0 Å². The Morgan fingerprint density at radius 1 is 0.909 bits per heavy atom. The number of carbonyl (C=O) groups excluding carboxylic acids is 2. The van der Waals surface area contributed by atoms with Gasteiger partial charge in [-0.1, -0.05) is 60.7 Å². The minimum Gasteiger partial charge on any atom is -0.410 e. The molecule has 3 aromatic carbocycles. The van der Waals surface area contributed by atoms with Crippen molar-refractivity contribution >= 4 is 17.6 Å². The van der Waals surface area contributed by atoms with Crippen LogP contribution in [0.4, 0.5) is 4.79 Å². The molecule has 166 valence electrons. The summed E-state index contributed by atoms with van der Waals surface area (Å²) in [4.78, 5) is 25.4. The predicted molar refractivity (Wildman–Crippen MR) is 131 cm³/mol. The van der Waals surface area contributed by atoms with E-state index in [-0.39, 0.29) is 0 Å². The Balaban J connectivity index is 1.37. The zero-order valence-electron chi connectivity index (χ0n) is 18.5. The van der Waals surface area contributed by atoms with Crippen LogP contribution in [0.15, 0.2) is 91.0 Å². The molecule has 0 fully saturated rings. The summed E-state index contributed by atoms with van der Waals surface area (Å²) in [6, 6.07) is 22.5. The first-order valence-corrected chi connectivity index (χ1v) is 10.9. The molecule has 2 amide bonds. The van der Waals surface area contributed by atoms with E-state index in [0.29, 0.717) is 17.9 Å². The van der Waals surface area contributed by atoms with E-state index in [0.717, 1.165) is 35.1 Å². The molecule has 4 rings (SSSR count). The van der Waals surface area contributed by atoms with Crippen molar-refractivity contribution in [3.8, 4) is 16.9 Å². The monoisotopic (exact) mass is 438 g/mol. The molecule has 0 spiro atoms. The molecule has 0 saturated heterocycles. The lowest BCUT2D eigenvalue weighted by atomic mass is 9.98. The van der Waals surface area contributed by atoms with Crippen molar-refractivity contribution in [1.82, 2.24) is 4.90 Å². The van der Waals surface area contributed by atoms with Gasteiger partial charge in [-0.25, -0.2) is 4.79 Å². The molecule has 0 saturated carbocycles. The van der Waals surface area contributed by atoms with E-state index in [4.69, 9.17) is 10.5 Å². The Kier molecular flexibility index (Phi) is 6.69. The zero-order chi connectivity index (χ0) is 23.2. The summed E-state index contributed by atoms with van der Waals surface area (Å²) in [5.74, 6) is 0.0122. The predicted octanol–water partition coefficient (Wildman–Crippen LogP) is 5.82. The molecular formula is C28H26N2O3. The van der Waals surface area contributed by atoms with Gasteiger partial charge in [0, 0.05) is 19.2 Å². The second kappa shape index (κ2) is 10.0. The van der Waals surface area contributed by atoms with Crippen LogP contribution in [0.3, 0.4) is 0 Å². The third-order valence-electron chi connectivity index (χ3n) is 5.55. The highest BCUT2D eigenvalue weighted by molar-refractivity contribution is 5.93. The van der Waals surface area contributed by atoms with E-state index in [2.05, 4.69) is 30.4 Å². The molecule has 0 unspecified atom stereocenters. The fourth-order valence-corrected chi connectivity index (χ4v) is 3.74. The SMILES string of the molecule is CN(Cc1cccc(C2=CCCC=C2)c1)C(=O)Oc1ccc(-c2ccc(C(N)=O)cc2)cc1. The van der Waals surface area contributed by atoms with E-state index in [1.165, 1.54) is 5.57 Å². The molecule has 33 heavy (non-hydrogen) atoms. The highest BCUT2D eigenvalue weighted by Gasteiger charge is 2.13. The molecular weight excluding hydrogens is 412 g/mol. The Morgan fingerprint density at radius 2 is 1.61 bits per heavy atom. The minimum atomic E-state index is -0.456. The van der Waals surface area contributed by atoms with E-state index in [1.807, 2.05) is 36.4 Å². The number of amides is 2. The van der Waals surface area contributed by atoms with Gasteiger partial charge in [-0.3, -0.25) is 4.79 Å². The van der Waals surface area contributed by atoms with Gasteiger partial charge in [-0.05, 0) is 71.0 Å². The van der Waals surface area contributed by atoms with Crippen molar-refractivity contribution in [1.29, 1.82) is 0 Å². The lowest BCUT2D eigenvalue weighted by Crippen LogP contribution is -2.29. The van der Waals surface area contributed by atoms with E-state index < -0.39 is 12.0 Å². The van der Waals surface area contributed by atoms with Crippen LogP contribution in [0.5, 0.6) is 5.75 Å². The van der Waals surface area contributed by atoms with Gasteiger partial charge < -0.3 is 15.4 Å². The van der Waals surface area contributed by atoms with Crippen molar-refractivity contribution in [3.05, 3.63) is 108 Å². The second-order valence-electron chi connectivity index (χ2n) is 8.03. The number of benzene rings is 3. The van der Waals surface area contributed by atoms with Crippen LogP contribution in [-0.4, -0.2) is 23.9 Å². The molecule has 0 atom stereocenters. The largest absolute Gasteiger partial charge is 0.415 e. The third-order valence-corrected chi connectivity index (χ3v) is 5.55. The first kappa shape index (κ1) is 22.1. The smallest absolute Gasteiger partial charge is 0.410 e. The average Bonchev–Trinajstić information content (AvgIpc) is 2.85. The lowest BCUT2D eigenvalue weighted by Gasteiger charge is -2.18. The highest BCUT2D eigenvalue weighted by Crippen LogP contribution is 2.24. The fourth-order valence-electron chi connectivity index (χ4n) is 3.74. The number of nitrogens with two attached hydrogens (primary N) is 1. The fraction of sp³-hybridized carbons (Fsp3) is 0.143. The molecule has 3 aromatic rings. The number of ether oxygens (including phenoxy) is 1. The maximum Gasteiger partial charge on any atom is 0.415 e. The van der Waals surface area contributed by atoms with Crippen LogP contribution in [0.1, 0.15) is 34.3 Å². The van der Waals surface area contributed by atoms with Crippen molar-refractivity contribution in [2.24, 2.45) is 5.73 Å². The number of allylic oxidation sites excluding steroid dienone is 4. The zero-order valence-corrected chi connectivity index (χ0v) is 18.5. The number of rotatable bonds is 6. The molecule has 0 heterocycles. The summed E-state index contributed by atoms with van der Waals surface area (Å²) in [6.07, 6.45) is 8.30. The quantitative estimate of drug-likeness (QED) is 0.527. The summed E-state index contributed by atoms with van der Waals surface area (Å²) >= 11 is 0. The number of hydrogen-bond acceptors (Lipinski definition) is 3. The summed E-state index contributed by atoms with van der Waals surface area (Å²) in [5, 5.41) is 0. The minimum absolute atomic E-state index is 0.421. The molecule has 0 bridgehead atoms. The van der Waals surface area contributed by atoms with Gasteiger partial charge in [-0.2, -0.15) is 0 Å². The molecule has 0 aliphatic heterocycles. The lowest BCUT2D eigenvalue weighted by molar-refractivity contribution is 0.1000. The molecule has 0 radical (unpaired) electrons. The van der Waals surface area contributed by atoms with Gasteiger partial charge in [-0.15, -0.1) is 0 Å². The van der Waals surface area contributed by atoms with Gasteiger partial charge >= 0.3 is 6.09 Å². The van der Waals surface area contributed by atoms with Crippen LogP contribution in [0.2, 0.25) is 0 Å². The number of nitrogens with zero attached hydrogens (tertiary/aromatic N) is 1. The first-order chi connectivity index (χ1) is 16.0. The topological polar surface area (TPSA) is 72.6 Å². The maximum atomic E-state index is 12.6. The van der Waals surface area contributed by atoms with Gasteiger partial charge in [0.05, 0.1) is 0 Å². The number of primary amides is 1. The molecule has 1 aliphatic rings. The maximum absolute atomic E-state index is 12.6. The van der Waals surface area contributed by atoms with E-state index in [9.17, 15) is 9.59 Å². The highest BCUT2D eigenvalue weighted by atomic mass is 16.6. The van der Waals surface area contributed by atoms with Crippen LogP contribution < -0.4 is 10.5 Å². The van der Waals surface area contributed by atoms with Gasteiger partial charge in [0.2, 0.25) is 5.91 Å². The summed E-state index contributed by atoms with van der Waals surface area (Å²) in [6.45, 7) is 0.452. The van der Waals surface area contributed by atoms with Crippen LogP contribution in [0.25, 0.3) is 16.7 Å². The van der Waals surface area contributed by atoms with E-state index >= 15 is 0 Å². The first-order valence-electron chi connectivity index (χ1n) is 10.9. The number of hydrogen-bond donors (Lipinski definition) is 1. The molecule has 1 aliphatic carbocycles.